The number of phenolic OH excluding ortho intramolecular Hbond substituents is 1. The summed E-state index contributed by atoms with van der Waals surface area (Å²) in [5.41, 5.74) is 1.39. The Morgan fingerprint density at radius 1 is 1.17 bits per heavy atom. The topological polar surface area (TPSA) is 76.0 Å². The lowest BCUT2D eigenvalue weighted by atomic mass is 9.90. The van der Waals surface area contributed by atoms with Gasteiger partial charge in [0.25, 0.3) is 0 Å². The average molecular weight is 425 g/mol. The van der Waals surface area contributed by atoms with Crippen molar-refractivity contribution in [3.05, 3.63) is 76.7 Å². The van der Waals surface area contributed by atoms with Gasteiger partial charge in [-0.3, -0.25) is 0 Å². The van der Waals surface area contributed by atoms with Gasteiger partial charge in [0.2, 0.25) is 0 Å². The monoisotopic (exact) mass is 424 g/mol. The maximum absolute atomic E-state index is 11.5. The zero-order valence-corrected chi connectivity index (χ0v) is 17.5. The van der Waals surface area contributed by atoms with Crippen LogP contribution in [0.15, 0.2) is 66.2 Å². The van der Waals surface area contributed by atoms with E-state index in [9.17, 15) is 15.0 Å². The number of fused-ring (bicyclic) bond motifs is 1. The molecule has 0 amide bonds. The second kappa shape index (κ2) is 9.00. The smallest absolute Gasteiger partial charge is 0.328 e. The standard InChI is InChI=1S/C24H24O5S/c1-15(22-11-16-6-2-5-9-21(16)30-22)10-17(12-23(26)27)18-13-28-24(29-14-18)19-7-3-4-8-20(19)25/h2-9,11-12,15,18,24-25H,10,13-14H2,1H3,(H,26,27)/b17-12+. The number of rotatable bonds is 6. The number of carboxylic acid groups (broad SMARTS) is 1. The van der Waals surface area contributed by atoms with Crippen molar-refractivity contribution in [2.24, 2.45) is 5.92 Å². The van der Waals surface area contributed by atoms with E-state index < -0.39 is 12.3 Å². The Hall–Kier alpha value is -2.67. The van der Waals surface area contributed by atoms with E-state index in [-0.39, 0.29) is 17.6 Å². The molecule has 0 spiro atoms. The lowest BCUT2D eigenvalue weighted by molar-refractivity contribution is -0.200. The molecule has 0 bridgehead atoms. The van der Waals surface area contributed by atoms with Crippen LogP contribution in [0, 0.1) is 5.92 Å². The van der Waals surface area contributed by atoms with Gasteiger partial charge in [0, 0.05) is 27.1 Å². The third-order valence-electron chi connectivity index (χ3n) is 5.39. The van der Waals surface area contributed by atoms with Gasteiger partial charge in [0.1, 0.15) is 5.75 Å². The van der Waals surface area contributed by atoms with Crippen molar-refractivity contribution in [2.45, 2.75) is 25.6 Å². The third kappa shape index (κ3) is 4.56. The van der Waals surface area contributed by atoms with E-state index in [0.29, 0.717) is 25.2 Å². The summed E-state index contributed by atoms with van der Waals surface area (Å²) in [5.74, 6) is -0.791. The number of benzene rings is 2. The minimum Gasteiger partial charge on any atom is -0.507 e. The van der Waals surface area contributed by atoms with Gasteiger partial charge in [-0.15, -0.1) is 11.3 Å². The van der Waals surface area contributed by atoms with Crippen molar-refractivity contribution in [1.29, 1.82) is 0 Å². The molecule has 1 aliphatic heterocycles. The number of carbonyl (C=O) groups is 1. The normalized spacial score (nSPS) is 20.9. The number of hydrogen-bond donors (Lipinski definition) is 2. The summed E-state index contributed by atoms with van der Waals surface area (Å²) in [6, 6.07) is 17.4. The molecule has 5 nitrogen and oxygen atoms in total. The minimum atomic E-state index is -0.962. The molecule has 1 atom stereocenters. The summed E-state index contributed by atoms with van der Waals surface area (Å²) in [6.07, 6.45) is 1.27. The minimum absolute atomic E-state index is 0.126. The lowest BCUT2D eigenvalue weighted by Crippen LogP contribution is -2.29. The molecule has 1 aromatic heterocycles. The molecule has 1 fully saturated rings. The van der Waals surface area contributed by atoms with Gasteiger partial charge in [0.15, 0.2) is 6.29 Å². The molecule has 2 aromatic carbocycles. The molecular weight excluding hydrogens is 400 g/mol. The lowest BCUT2D eigenvalue weighted by Gasteiger charge is -2.32. The summed E-state index contributed by atoms with van der Waals surface area (Å²) in [4.78, 5) is 12.7. The summed E-state index contributed by atoms with van der Waals surface area (Å²) >= 11 is 1.75. The van der Waals surface area contributed by atoms with Crippen LogP contribution >= 0.6 is 11.3 Å². The molecule has 0 saturated carbocycles. The summed E-state index contributed by atoms with van der Waals surface area (Å²) in [7, 11) is 0. The summed E-state index contributed by atoms with van der Waals surface area (Å²) in [5, 5.41) is 20.6. The van der Waals surface area contributed by atoms with Gasteiger partial charge >= 0.3 is 5.97 Å². The van der Waals surface area contributed by atoms with Gasteiger partial charge < -0.3 is 19.7 Å². The molecule has 1 unspecified atom stereocenters. The number of aromatic hydroxyl groups is 1. The second-order valence-electron chi connectivity index (χ2n) is 7.60. The largest absolute Gasteiger partial charge is 0.507 e. The quantitative estimate of drug-likeness (QED) is 0.513. The SMILES string of the molecule is CC(C/C(=C\C(=O)O)C1COC(c2ccccc2O)OC1)c1cc2ccccc2s1. The van der Waals surface area contributed by atoms with Crippen LogP contribution in [0.1, 0.15) is 36.0 Å². The van der Waals surface area contributed by atoms with Crippen LogP contribution in [-0.2, 0) is 14.3 Å². The van der Waals surface area contributed by atoms with E-state index in [4.69, 9.17) is 9.47 Å². The molecular formula is C24H24O5S. The van der Waals surface area contributed by atoms with Crippen molar-refractivity contribution in [2.75, 3.05) is 13.2 Å². The highest BCUT2D eigenvalue weighted by Crippen LogP contribution is 2.38. The van der Waals surface area contributed by atoms with Gasteiger partial charge in [-0.05, 0) is 35.9 Å². The number of thiophene rings is 1. The zero-order valence-electron chi connectivity index (χ0n) is 16.7. The molecule has 2 N–H and O–H groups in total. The zero-order chi connectivity index (χ0) is 21.1. The molecule has 3 aromatic rings. The third-order valence-corrected chi connectivity index (χ3v) is 6.74. The number of hydrogen-bond acceptors (Lipinski definition) is 5. The molecule has 2 heterocycles. The van der Waals surface area contributed by atoms with Crippen LogP contribution in [0.4, 0.5) is 0 Å². The van der Waals surface area contributed by atoms with E-state index in [1.54, 1.807) is 29.5 Å². The molecule has 6 heteroatoms. The fourth-order valence-electron chi connectivity index (χ4n) is 3.79. The maximum Gasteiger partial charge on any atom is 0.328 e. The van der Waals surface area contributed by atoms with Crippen LogP contribution in [0.2, 0.25) is 0 Å². The number of carboxylic acids is 1. The van der Waals surface area contributed by atoms with Crippen molar-refractivity contribution in [3.8, 4) is 5.75 Å². The Morgan fingerprint density at radius 3 is 2.57 bits per heavy atom. The van der Waals surface area contributed by atoms with E-state index in [2.05, 4.69) is 25.1 Å². The van der Waals surface area contributed by atoms with E-state index in [1.165, 1.54) is 21.0 Å². The van der Waals surface area contributed by atoms with Gasteiger partial charge in [-0.2, -0.15) is 0 Å². The Balaban J connectivity index is 1.47. The molecule has 0 radical (unpaired) electrons. The van der Waals surface area contributed by atoms with Crippen LogP contribution in [0.3, 0.4) is 0 Å². The van der Waals surface area contributed by atoms with Crippen LogP contribution in [-0.4, -0.2) is 29.4 Å². The van der Waals surface area contributed by atoms with Crippen LogP contribution in [0.5, 0.6) is 5.75 Å². The van der Waals surface area contributed by atoms with Gasteiger partial charge in [-0.1, -0.05) is 48.9 Å². The Kier molecular flexibility index (Phi) is 6.18. The number of phenols is 1. The Morgan fingerprint density at radius 2 is 1.87 bits per heavy atom. The average Bonchev–Trinajstić information content (AvgIpc) is 3.18. The van der Waals surface area contributed by atoms with Crippen molar-refractivity contribution < 1.29 is 24.5 Å². The number of para-hydroxylation sites is 1. The fraction of sp³-hybridized carbons (Fsp3) is 0.292. The first kappa shape index (κ1) is 20.6. The maximum atomic E-state index is 11.5. The molecule has 0 aliphatic carbocycles. The van der Waals surface area contributed by atoms with E-state index >= 15 is 0 Å². The summed E-state index contributed by atoms with van der Waals surface area (Å²) < 4.78 is 12.9. The number of aliphatic carboxylic acids is 1. The van der Waals surface area contributed by atoms with Crippen molar-refractivity contribution >= 4 is 27.4 Å². The van der Waals surface area contributed by atoms with Gasteiger partial charge in [0.05, 0.1) is 13.2 Å². The molecule has 30 heavy (non-hydrogen) atoms. The highest BCUT2D eigenvalue weighted by atomic mass is 32.1. The number of ether oxygens (including phenoxy) is 2. The second-order valence-corrected chi connectivity index (χ2v) is 8.72. The van der Waals surface area contributed by atoms with Gasteiger partial charge in [-0.25, -0.2) is 4.79 Å². The van der Waals surface area contributed by atoms with E-state index in [0.717, 1.165) is 5.57 Å². The highest BCUT2D eigenvalue weighted by Gasteiger charge is 2.29. The van der Waals surface area contributed by atoms with E-state index in [1.807, 2.05) is 18.2 Å². The molecule has 1 aliphatic rings. The predicted molar refractivity (Wildman–Crippen MR) is 117 cm³/mol. The summed E-state index contributed by atoms with van der Waals surface area (Å²) in [6.45, 7) is 2.81. The molecule has 156 valence electrons. The van der Waals surface area contributed by atoms with Crippen molar-refractivity contribution in [1.82, 2.24) is 0 Å². The molecule has 1 saturated heterocycles. The predicted octanol–water partition coefficient (Wildman–Crippen LogP) is 5.47. The Bertz CT molecular complexity index is 1030. The molecule has 4 rings (SSSR count). The first-order chi connectivity index (χ1) is 14.5. The Labute approximate surface area is 179 Å². The highest BCUT2D eigenvalue weighted by molar-refractivity contribution is 7.19. The van der Waals surface area contributed by atoms with Crippen LogP contribution in [0.25, 0.3) is 10.1 Å². The first-order valence-electron chi connectivity index (χ1n) is 9.94. The van der Waals surface area contributed by atoms with Crippen LogP contribution < -0.4 is 0 Å². The van der Waals surface area contributed by atoms with Crippen molar-refractivity contribution in [3.63, 3.8) is 0 Å². The fourth-order valence-corrected chi connectivity index (χ4v) is 4.90. The first-order valence-corrected chi connectivity index (χ1v) is 10.8.